The van der Waals surface area contributed by atoms with Gasteiger partial charge in [0.05, 0.1) is 14.2 Å². The zero-order valence-electron chi connectivity index (χ0n) is 12.6. The average molecular weight is 353 g/mol. The fourth-order valence-electron chi connectivity index (χ4n) is 2.38. The number of hydrogen-bond acceptors (Lipinski definition) is 7. The van der Waals surface area contributed by atoms with Gasteiger partial charge in [0.15, 0.2) is 0 Å². The highest BCUT2D eigenvalue weighted by molar-refractivity contribution is 7.82. The summed E-state index contributed by atoms with van der Waals surface area (Å²) >= 11 is 10.8. The summed E-state index contributed by atoms with van der Waals surface area (Å²) in [5.74, 6) is -0.930. The molecule has 23 heavy (non-hydrogen) atoms. The van der Waals surface area contributed by atoms with Gasteiger partial charge in [-0.15, -0.1) is 0 Å². The lowest BCUT2D eigenvalue weighted by Gasteiger charge is -2.27. The predicted molar refractivity (Wildman–Crippen MR) is 90.4 cm³/mol. The number of phenolic OH excluding ortho intramolecular Hbond substituents is 1. The SMILES string of the molecule is COC(=O)CCC(C(=O)OC)N1C(=S)c2ccc(O)cc2C1=S. The number of nitrogens with zero attached hydrogens (tertiary/aromatic N) is 1. The highest BCUT2D eigenvalue weighted by Gasteiger charge is 2.38. The van der Waals surface area contributed by atoms with E-state index in [1.165, 1.54) is 31.3 Å². The lowest BCUT2D eigenvalue weighted by atomic mass is 10.1. The van der Waals surface area contributed by atoms with E-state index in [1.54, 1.807) is 6.07 Å². The first-order valence-corrected chi connectivity index (χ1v) is 7.58. The van der Waals surface area contributed by atoms with Crippen LogP contribution in [0.4, 0.5) is 0 Å². The molecule has 0 spiro atoms. The molecule has 1 unspecified atom stereocenters. The van der Waals surface area contributed by atoms with Gasteiger partial charge < -0.3 is 19.5 Å². The van der Waals surface area contributed by atoms with Crippen molar-refractivity contribution in [2.45, 2.75) is 18.9 Å². The number of carbonyl (C=O) groups excluding carboxylic acids is 2. The average Bonchev–Trinajstić information content (AvgIpc) is 2.78. The van der Waals surface area contributed by atoms with E-state index >= 15 is 0 Å². The van der Waals surface area contributed by atoms with Crippen LogP contribution < -0.4 is 0 Å². The molecule has 0 saturated heterocycles. The highest BCUT2D eigenvalue weighted by atomic mass is 32.1. The molecule has 0 aromatic heterocycles. The molecule has 8 heteroatoms. The van der Waals surface area contributed by atoms with E-state index in [-0.39, 0.29) is 18.6 Å². The fourth-order valence-corrected chi connectivity index (χ4v) is 3.22. The monoisotopic (exact) mass is 353 g/mol. The summed E-state index contributed by atoms with van der Waals surface area (Å²) < 4.78 is 9.41. The lowest BCUT2D eigenvalue weighted by Crippen LogP contribution is -2.45. The summed E-state index contributed by atoms with van der Waals surface area (Å²) in [7, 11) is 2.54. The zero-order chi connectivity index (χ0) is 17.1. The summed E-state index contributed by atoms with van der Waals surface area (Å²) in [6.45, 7) is 0. The predicted octanol–water partition coefficient (Wildman–Crippen LogP) is 1.55. The van der Waals surface area contributed by atoms with Gasteiger partial charge in [0.25, 0.3) is 0 Å². The first-order chi connectivity index (χ1) is 10.9. The van der Waals surface area contributed by atoms with Crippen LogP contribution in [0.5, 0.6) is 5.75 Å². The van der Waals surface area contributed by atoms with E-state index < -0.39 is 18.0 Å². The Morgan fingerprint density at radius 1 is 1.17 bits per heavy atom. The van der Waals surface area contributed by atoms with Crippen molar-refractivity contribution in [3.8, 4) is 5.75 Å². The van der Waals surface area contributed by atoms with Crippen LogP contribution in [0.25, 0.3) is 0 Å². The van der Waals surface area contributed by atoms with Gasteiger partial charge in [-0.3, -0.25) is 4.79 Å². The Bertz CT molecular complexity index is 688. The third-order valence-corrected chi connectivity index (χ3v) is 4.37. The maximum atomic E-state index is 12.1. The number of esters is 2. The molecule has 0 saturated carbocycles. The van der Waals surface area contributed by atoms with Crippen LogP contribution in [0.15, 0.2) is 18.2 Å². The van der Waals surface area contributed by atoms with Crippen molar-refractivity contribution in [1.82, 2.24) is 4.90 Å². The molecule has 0 radical (unpaired) electrons. The molecule has 122 valence electrons. The van der Waals surface area contributed by atoms with Crippen LogP contribution in [0.2, 0.25) is 0 Å². The van der Waals surface area contributed by atoms with Gasteiger partial charge in [0.2, 0.25) is 0 Å². The van der Waals surface area contributed by atoms with Crippen molar-refractivity contribution in [3.63, 3.8) is 0 Å². The number of benzene rings is 1. The molecule has 1 aromatic carbocycles. The van der Waals surface area contributed by atoms with Gasteiger partial charge in [-0.1, -0.05) is 24.4 Å². The maximum absolute atomic E-state index is 12.1. The molecule has 1 aliphatic rings. The molecule has 1 atom stereocenters. The fraction of sp³-hybridized carbons (Fsp3) is 0.333. The Hall–Kier alpha value is -2.06. The van der Waals surface area contributed by atoms with Crippen LogP contribution in [-0.4, -0.2) is 52.2 Å². The van der Waals surface area contributed by atoms with Crippen LogP contribution >= 0.6 is 24.4 Å². The van der Waals surface area contributed by atoms with Gasteiger partial charge in [0.1, 0.15) is 21.8 Å². The molecule has 1 aromatic rings. The van der Waals surface area contributed by atoms with E-state index in [2.05, 4.69) is 4.74 Å². The van der Waals surface area contributed by atoms with Crippen LogP contribution in [0.1, 0.15) is 24.0 Å². The quantitative estimate of drug-likeness (QED) is 0.631. The molecule has 0 aliphatic carbocycles. The molecule has 1 aliphatic heterocycles. The van der Waals surface area contributed by atoms with E-state index in [1.807, 2.05) is 0 Å². The van der Waals surface area contributed by atoms with Crippen molar-refractivity contribution in [2.75, 3.05) is 14.2 Å². The van der Waals surface area contributed by atoms with Crippen molar-refractivity contribution in [1.29, 1.82) is 0 Å². The normalized spacial score (nSPS) is 14.4. The van der Waals surface area contributed by atoms with Gasteiger partial charge in [0, 0.05) is 17.5 Å². The largest absolute Gasteiger partial charge is 0.508 e. The van der Waals surface area contributed by atoms with Crippen molar-refractivity contribution >= 4 is 46.4 Å². The molecule has 2 rings (SSSR count). The molecule has 0 fully saturated rings. The first kappa shape index (κ1) is 17.3. The third kappa shape index (κ3) is 3.32. The molecule has 1 heterocycles. The Morgan fingerprint density at radius 2 is 1.83 bits per heavy atom. The lowest BCUT2D eigenvalue weighted by molar-refractivity contribution is -0.145. The number of aromatic hydroxyl groups is 1. The van der Waals surface area contributed by atoms with E-state index in [0.717, 1.165) is 0 Å². The number of hydrogen-bond donors (Lipinski definition) is 1. The summed E-state index contributed by atoms with van der Waals surface area (Å²) in [6, 6.07) is 3.82. The standard InChI is InChI=1S/C15H15NO5S2/c1-20-12(18)6-5-11(15(19)21-2)16-13(22)9-4-3-8(17)7-10(9)14(16)23/h3-4,7,11,17H,5-6H2,1-2H3. The number of phenols is 1. The van der Waals surface area contributed by atoms with Crippen molar-refractivity contribution in [3.05, 3.63) is 29.3 Å². The summed E-state index contributed by atoms with van der Waals surface area (Å²) in [6.07, 6.45) is 0.180. The van der Waals surface area contributed by atoms with E-state index in [4.69, 9.17) is 29.2 Å². The minimum atomic E-state index is -0.825. The Labute approximate surface area is 144 Å². The van der Waals surface area contributed by atoms with Crippen molar-refractivity contribution in [2.24, 2.45) is 0 Å². The minimum Gasteiger partial charge on any atom is -0.508 e. The summed E-state index contributed by atoms with van der Waals surface area (Å²) in [5, 5.41) is 9.61. The van der Waals surface area contributed by atoms with Gasteiger partial charge in [-0.25, -0.2) is 4.79 Å². The minimum absolute atomic E-state index is 0.0274. The summed E-state index contributed by atoms with van der Waals surface area (Å²) in [4.78, 5) is 25.7. The zero-order valence-corrected chi connectivity index (χ0v) is 14.2. The molecular formula is C15H15NO5S2. The second kappa shape index (κ2) is 7.01. The third-order valence-electron chi connectivity index (χ3n) is 3.54. The topological polar surface area (TPSA) is 76.1 Å². The molecule has 6 nitrogen and oxygen atoms in total. The number of thiocarbonyl (C=S) groups is 2. The number of ether oxygens (including phenoxy) is 2. The number of methoxy groups -OCH3 is 2. The molecule has 0 amide bonds. The molecule has 1 N–H and O–H groups in total. The smallest absolute Gasteiger partial charge is 0.328 e. The van der Waals surface area contributed by atoms with Gasteiger partial charge >= 0.3 is 11.9 Å². The number of rotatable bonds is 5. The second-order valence-electron chi connectivity index (χ2n) is 4.86. The van der Waals surface area contributed by atoms with E-state index in [0.29, 0.717) is 21.1 Å². The summed E-state index contributed by atoms with van der Waals surface area (Å²) in [5.41, 5.74) is 1.24. The van der Waals surface area contributed by atoms with Crippen LogP contribution in [-0.2, 0) is 19.1 Å². The van der Waals surface area contributed by atoms with Gasteiger partial charge in [-0.2, -0.15) is 0 Å². The van der Waals surface area contributed by atoms with E-state index in [9.17, 15) is 14.7 Å². The number of carbonyl (C=O) groups is 2. The van der Waals surface area contributed by atoms with Gasteiger partial charge in [-0.05, 0) is 24.6 Å². The second-order valence-corrected chi connectivity index (χ2v) is 5.64. The van der Waals surface area contributed by atoms with Crippen LogP contribution in [0, 0.1) is 0 Å². The highest BCUT2D eigenvalue weighted by Crippen LogP contribution is 2.30. The first-order valence-electron chi connectivity index (χ1n) is 6.76. The Balaban J connectivity index is 2.33. The molecular weight excluding hydrogens is 338 g/mol. The Kier molecular flexibility index (Phi) is 5.27. The van der Waals surface area contributed by atoms with Crippen LogP contribution in [0.3, 0.4) is 0 Å². The molecule has 0 bridgehead atoms. The Morgan fingerprint density at radius 3 is 2.43 bits per heavy atom. The van der Waals surface area contributed by atoms with Crippen molar-refractivity contribution < 1.29 is 24.2 Å². The maximum Gasteiger partial charge on any atom is 0.328 e. The number of fused-ring (bicyclic) bond motifs is 1.